The number of nitrogens with zero attached hydrogens (tertiary/aromatic N) is 1. The smallest absolute Gasteiger partial charge is 0.338 e. The van der Waals surface area contributed by atoms with E-state index in [1.165, 1.54) is 29.6 Å². The zero-order valence-electron chi connectivity index (χ0n) is 18.4. The fourth-order valence-electron chi connectivity index (χ4n) is 5.60. The first kappa shape index (κ1) is 23.2. The van der Waals surface area contributed by atoms with E-state index in [0.717, 1.165) is 43.7 Å². The fraction of sp³-hybridized carbons (Fsp3) is 0.652. The van der Waals surface area contributed by atoms with Crippen molar-refractivity contribution in [3.8, 4) is 0 Å². The van der Waals surface area contributed by atoms with E-state index in [2.05, 4.69) is 5.32 Å². The third kappa shape index (κ3) is 4.83. The Hall–Kier alpha value is -2.00. The normalized spacial score (nSPS) is 26.6. The number of hydrogen-bond donors (Lipinski definition) is 1. The van der Waals surface area contributed by atoms with Crippen LogP contribution >= 0.6 is 0 Å². The van der Waals surface area contributed by atoms with Gasteiger partial charge >= 0.3 is 5.97 Å². The van der Waals surface area contributed by atoms with Crippen LogP contribution in [0.15, 0.2) is 23.1 Å². The molecule has 2 aliphatic carbocycles. The number of fused-ring (bicyclic) bond motifs is 2. The Morgan fingerprint density at radius 3 is 2.59 bits per heavy atom. The molecule has 2 bridgehead atoms. The summed E-state index contributed by atoms with van der Waals surface area (Å²) in [4.78, 5) is 24.2. The van der Waals surface area contributed by atoms with Gasteiger partial charge in [-0.05, 0) is 75.0 Å². The average Bonchev–Trinajstić information content (AvgIpc) is 3.42. The van der Waals surface area contributed by atoms with E-state index in [0.29, 0.717) is 24.9 Å². The molecule has 1 aromatic carbocycles. The quantitative estimate of drug-likeness (QED) is 0.624. The highest BCUT2D eigenvalue weighted by Gasteiger charge is 2.42. The minimum absolute atomic E-state index is 0.0172. The summed E-state index contributed by atoms with van der Waals surface area (Å²) in [5.74, 6) is -0.259. The van der Waals surface area contributed by atoms with Crippen molar-refractivity contribution in [3.63, 3.8) is 0 Å². The number of ether oxygens (including phenoxy) is 1. The minimum Gasteiger partial charge on any atom is -0.452 e. The van der Waals surface area contributed by atoms with E-state index in [1.807, 2.05) is 6.92 Å². The summed E-state index contributed by atoms with van der Waals surface area (Å²) in [5.41, 5.74) is -0.101. The van der Waals surface area contributed by atoms with Crippen molar-refractivity contribution in [2.75, 3.05) is 19.7 Å². The molecule has 9 heteroatoms. The number of halogens is 1. The molecule has 1 N–H and O–H groups in total. The molecule has 0 spiro atoms. The molecule has 3 fully saturated rings. The van der Waals surface area contributed by atoms with Gasteiger partial charge in [0, 0.05) is 19.1 Å². The van der Waals surface area contributed by atoms with Crippen molar-refractivity contribution in [1.82, 2.24) is 9.62 Å². The van der Waals surface area contributed by atoms with Gasteiger partial charge in [-0.3, -0.25) is 4.79 Å². The summed E-state index contributed by atoms with van der Waals surface area (Å²) in [6, 6.07) is 3.13. The Bertz CT molecular complexity index is 977. The van der Waals surface area contributed by atoms with Crippen molar-refractivity contribution < 1.29 is 27.1 Å². The van der Waals surface area contributed by atoms with Crippen molar-refractivity contribution in [2.24, 2.45) is 17.8 Å². The molecule has 176 valence electrons. The number of amides is 1. The highest BCUT2D eigenvalue weighted by molar-refractivity contribution is 7.89. The number of sulfonamides is 1. The van der Waals surface area contributed by atoms with Gasteiger partial charge in [-0.25, -0.2) is 17.6 Å². The third-order valence-electron chi connectivity index (χ3n) is 7.26. The fourth-order valence-corrected chi connectivity index (χ4v) is 7.20. The van der Waals surface area contributed by atoms with E-state index < -0.39 is 39.2 Å². The molecule has 0 unspecified atom stereocenters. The lowest BCUT2D eigenvalue weighted by atomic mass is 9.84. The summed E-state index contributed by atoms with van der Waals surface area (Å²) in [6.07, 6.45) is 7.26. The Morgan fingerprint density at radius 1 is 1.19 bits per heavy atom. The lowest BCUT2D eigenvalue weighted by molar-refractivity contribution is -0.125. The van der Waals surface area contributed by atoms with Gasteiger partial charge in [0.05, 0.1) is 5.56 Å². The molecule has 7 nitrogen and oxygen atoms in total. The molecule has 1 aromatic rings. The second-order valence-electron chi connectivity index (χ2n) is 9.38. The van der Waals surface area contributed by atoms with E-state index in [4.69, 9.17) is 4.74 Å². The summed E-state index contributed by atoms with van der Waals surface area (Å²) in [6.45, 7) is 2.19. The topological polar surface area (TPSA) is 92.8 Å². The lowest BCUT2D eigenvalue weighted by Crippen LogP contribution is -2.42. The molecule has 1 amide bonds. The monoisotopic (exact) mass is 466 g/mol. The Morgan fingerprint density at radius 2 is 1.94 bits per heavy atom. The first-order valence-electron chi connectivity index (χ1n) is 11.5. The van der Waals surface area contributed by atoms with Crippen molar-refractivity contribution >= 4 is 21.9 Å². The van der Waals surface area contributed by atoms with Gasteiger partial charge in [0.1, 0.15) is 10.7 Å². The van der Waals surface area contributed by atoms with Crippen molar-refractivity contribution in [3.05, 3.63) is 29.6 Å². The first-order chi connectivity index (χ1) is 15.3. The molecular formula is C23H31FN2O5S. The number of benzene rings is 1. The second kappa shape index (κ2) is 9.47. The molecule has 4 atom stereocenters. The second-order valence-corrected chi connectivity index (χ2v) is 11.3. The summed E-state index contributed by atoms with van der Waals surface area (Å²) < 4.78 is 46.3. The minimum atomic E-state index is -4.04. The summed E-state index contributed by atoms with van der Waals surface area (Å²) >= 11 is 0. The van der Waals surface area contributed by atoms with Crippen LogP contribution in [0.2, 0.25) is 0 Å². The van der Waals surface area contributed by atoms with Crippen LogP contribution in [0.25, 0.3) is 0 Å². The average molecular weight is 467 g/mol. The van der Waals surface area contributed by atoms with E-state index in [9.17, 15) is 22.4 Å². The summed E-state index contributed by atoms with van der Waals surface area (Å²) in [5, 5.41) is 2.92. The maximum absolute atomic E-state index is 14.3. The predicted molar refractivity (Wildman–Crippen MR) is 116 cm³/mol. The first-order valence-corrected chi connectivity index (χ1v) is 13.0. The zero-order chi connectivity index (χ0) is 22.9. The van der Waals surface area contributed by atoms with Crippen LogP contribution in [0.3, 0.4) is 0 Å². The number of esters is 1. The molecule has 32 heavy (non-hydrogen) atoms. The molecular weight excluding hydrogens is 435 g/mol. The number of nitrogens with one attached hydrogen (secondary N) is 1. The molecule has 4 rings (SSSR count). The van der Waals surface area contributed by atoms with Gasteiger partial charge in [0.2, 0.25) is 10.0 Å². The highest BCUT2D eigenvalue weighted by atomic mass is 32.2. The molecule has 0 radical (unpaired) electrons. The van der Waals surface area contributed by atoms with Crippen LogP contribution < -0.4 is 5.32 Å². The maximum Gasteiger partial charge on any atom is 0.338 e. The number of rotatable bonds is 7. The number of hydrogen-bond acceptors (Lipinski definition) is 5. The van der Waals surface area contributed by atoms with Crippen LogP contribution in [0.5, 0.6) is 0 Å². The Labute approximate surface area is 188 Å². The van der Waals surface area contributed by atoms with Gasteiger partial charge in [-0.2, -0.15) is 4.31 Å². The number of carbonyl (C=O) groups excluding carboxylic acids is 2. The largest absolute Gasteiger partial charge is 0.452 e. The molecule has 1 saturated heterocycles. The van der Waals surface area contributed by atoms with Crippen molar-refractivity contribution in [2.45, 2.75) is 62.8 Å². The van der Waals surface area contributed by atoms with Crippen LogP contribution in [0, 0.1) is 23.6 Å². The molecule has 1 aliphatic heterocycles. The molecule has 0 aromatic heterocycles. The Kier molecular flexibility index (Phi) is 6.86. The highest BCUT2D eigenvalue weighted by Crippen LogP contribution is 2.49. The van der Waals surface area contributed by atoms with E-state index >= 15 is 0 Å². The molecule has 3 aliphatic rings. The standard InChI is InChI=1S/C23H31FN2O5S/c1-15(19-12-16-5-6-17(19)11-16)25-22(27)14-31-23(28)18-7-8-20(24)21(13-18)32(29,30)26-9-3-2-4-10-26/h7-8,13,15-17,19H,2-6,9-12,14H2,1H3,(H,25,27)/t15-,16-,17-,19+/m0/s1. The van der Waals surface area contributed by atoms with Crippen LogP contribution in [-0.2, 0) is 19.6 Å². The van der Waals surface area contributed by atoms with Gasteiger partial charge in [-0.15, -0.1) is 0 Å². The van der Waals surface area contributed by atoms with E-state index in [1.54, 1.807) is 0 Å². The number of carbonyl (C=O) groups is 2. The predicted octanol–water partition coefficient (Wildman–Crippen LogP) is 3.10. The van der Waals surface area contributed by atoms with Gasteiger partial charge < -0.3 is 10.1 Å². The van der Waals surface area contributed by atoms with E-state index in [-0.39, 0.29) is 11.6 Å². The Balaban J connectivity index is 1.35. The van der Waals surface area contributed by atoms with Crippen LogP contribution in [-0.4, -0.2) is 50.3 Å². The SMILES string of the molecule is C[C@H](NC(=O)COC(=O)c1ccc(F)c(S(=O)(=O)N2CCCCC2)c1)[C@H]1C[C@H]2CC[C@H]1C2. The van der Waals surface area contributed by atoms with Gasteiger partial charge in [0.15, 0.2) is 6.61 Å². The van der Waals surface area contributed by atoms with Crippen LogP contribution in [0.1, 0.15) is 62.2 Å². The number of piperidine rings is 1. The zero-order valence-corrected chi connectivity index (χ0v) is 19.2. The van der Waals surface area contributed by atoms with Crippen LogP contribution in [0.4, 0.5) is 4.39 Å². The summed E-state index contributed by atoms with van der Waals surface area (Å²) in [7, 11) is -4.04. The van der Waals surface area contributed by atoms with Crippen molar-refractivity contribution in [1.29, 1.82) is 0 Å². The lowest BCUT2D eigenvalue weighted by Gasteiger charge is -2.28. The third-order valence-corrected chi connectivity index (χ3v) is 9.17. The van der Waals surface area contributed by atoms with Gasteiger partial charge in [-0.1, -0.05) is 12.8 Å². The molecule has 1 heterocycles. The van der Waals surface area contributed by atoms with Gasteiger partial charge in [0.25, 0.3) is 5.91 Å². The molecule has 2 saturated carbocycles. The maximum atomic E-state index is 14.3.